The molecule has 0 aliphatic rings. The summed E-state index contributed by atoms with van der Waals surface area (Å²) in [7, 11) is -16.7. The zero-order valence-corrected chi connectivity index (χ0v) is 31.6. The van der Waals surface area contributed by atoms with Gasteiger partial charge >= 0.3 is 6.08 Å². The highest BCUT2D eigenvalue weighted by Gasteiger charge is 2.22. The van der Waals surface area contributed by atoms with Crippen LogP contribution >= 0.6 is 22.0 Å². The number of aromatic hydroxyl groups is 1. The molecule has 0 saturated heterocycles. The second kappa shape index (κ2) is 16.5. The average Bonchev–Trinajstić information content (AvgIpc) is 3.03. The Balaban J connectivity index is 1.66. The summed E-state index contributed by atoms with van der Waals surface area (Å²) < 4.78 is 166. The quantitative estimate of drug-likeness (QED) is 0.0524. The van der Waals surface area contributed by atoms with Gasteiger partial charge in [-0.1, -0.05) is 6.07 Å². The van der Waals surface area contributed by atoms with Gasteiger partial charge in [0.1, 0.15) is 38.8 Å². The summed E-state index contributed by atoms with van der Waals surface area (Å²) in [6, 6.07) is 7.00. The van der Waals surface area contributed by atoms with Crippen molar-refractivity contribution in [2.45, 2.75) is 9.79 Å². The van der Waals surface area contributed by atoms with Gasteiger partial charge in [0, 0.05) is 25.3 Å². The minimum Gasteiger partial charge on any atom is -0.507 e. The van der Waals surface area contributed by atoms with Crippen molar-refractivity contribution in [1.29, 1.82) is 0 Å². The number of nitrogens with one attached hydrogen (secondary N) is 2. The third kappa shape index (κ3) is 12.7. The van der Waals surface area contributed by atoms with E-state index in [1.165, 1.54) is 19.2 Å². The molecule has 0 saturated carbocycles. The highest BCUT2D eigenvalue weighted by Crippen LogP contribution is 2.43. The van der Waals surface area contributed by atoms with E-state index in [2.05, 4.69) is 40.0 Å². The minimum absolute atomic E-state index is 0.0526. The summed E-state index contributed by atoms with van der Waals surface area (Å²) in [5.41, 5.74) is -1.25. The molecule has 0 radical (unpaired) electrons. The highest BCUT2D eigenvalue weighted by molar-refractivity contribution is 8.19. The number of anilines is 4. The molecule has 3 aromatic carbocycles. The topological polar surface area (TPSA) is 384 Å². The number of nitrogens with zero attached hydrogens (tertiary/aromatic N) is 6. The second-order valence-corrected chi connectivity index (χ2v) is 18.8. The van der Waals surface area contributed by atoms with E-state index in [1.54, 1.807) is 0 Å². The molecule has 1 aromatic heterocycles. The number of benzene rings is 3. The van der Waals surface area contributed by atoms with Gasteiger partial charge in [0.15, 0.2) is 9.84 Å². The Morgan fingerprint density at radius 2 is 1.53 bits per heavy atom. The van der Waals surface area contributed by atoms with E-state index in [1.807, 2.05) is 0 Å². The van der Waals surface area contributed by atoms with Crippen LogP contribution in [0.3, 0.4) is 0 Å². The monoisotopic (exact) mass is 878 g/mol. The minimum atomic E-state index is -5.12. The van der Waals surface area contributed by atoms with Crippen LogP contribution in [0.15, 0.2) is 62.5 Å². The zero-order valence-electron chi connectivity index (χ0n) is 27.6. The lowest BCUT2D eigenvalue weighted by atomic mass is 10.1. The summed E-state index contributed by atoms with van der Waals surface area (Å²) in [4.78, 5) is 10.4. The van der Waals surface area contributed by atoms with E-state index in [4.69, 9.17) is 13.7 Å². The Labute approximate surface area is 314 Å². The number of hydrogen-bond acceptors (Lipinski definition) is 22. The lowest BCUT2D eigenvalue weighted by Crippen LogP contribution is -2.29. The molecule has 0 bridgehead atoms. The fourth-order valence-corrected chi connectivity index (χ4v) is 7.44. The molecule has 0 spiro atoms. The van der Waals surface area contributed by atoms with E-state index >= 15 is 0 Å². The molecule has 4 aromatic rings. The van der Waals surface area contributed by atoms with Crippen LogP contribution in [0.4, 0.5) is 39.0 Å². The van der Waals surface area contributed by atoms with Crippen LogP contribution in [0.2, 0.25) is 0 Å². The maximum Gasteiger partial charge on any atom is 0.315 e. The highest BCUT2D eigenvalue weighted by atomic mass is 32.3. The van der Waals surface area contributed by atoms with Crippen LogP contribution in [-0.2, 0) is 34.3 Å². The molecule has 0 amide bonds. The summed E-state index contributed by atoms with van der Waals surface area (Å²) in [5.74, 6) is -3.83. The van der Waals surface area contributed by atoms with Crippen LogP contribution in [0.25, 0.3) is 10.8 Å². The van der Waals surface area contributed by atoms with Crippen molar-refractivity contribution in [2.75, 3.05) is 53.1 Å². The Kier molecular flexibility index (Phi) is 13.1. The Morgan fingerprint density at radius 3 is 2.15 bits per heavy atom. The van der Waals surface area contributed by atoms with Gasteiger partial charge in [-0.15, -0.1) is 10.2 Å². The molecule has 1 heterocycles. The maximum absolute atomic E-state index is 14.4. The number of hydrogen-bond donors (Lipinski definition) is 11. The SMILES string of the molecule is CN(CCS(=O)(=O)CCOS(O)(O)O)c1nc(F)nc(Nc2ccc(N=Nc3c(NCS(O)(O)O)ccc4cc(S(=O)(=O)O)cc(O)c34)c(S(=O)(=O)O)c2)n1. The zero-order chi connectivity index (χ0) is 41.1. The average molecular weight is 879 g/mol. The normalized spacial score (nSPS) is 13.6. The summed E-state index contributed by atoms with van der Waals surface area (Å²) in [5, 5.41) is 23.1. The van der Waals surface area contributed by atoms with E-state index in [0.29, 0.717) is 6.07 Å². The van der Waals surface area contributed by atoms with Crippen LogP contribution < -0.4 is 15.5 Å². The molecule has 0 atom stereocenters. The maximum atomic E-state index is 14.4. The second-order valence-electron chi connectivity index (χ2n) is 11.0. The van der Waals surface area contributed by atoms with Crippen LogP contribution in [-0.4, -0.2) is 119 Å². The molecule has 4 rings (SSSR count). The molecule has 30 heteroatoms. The van der Waals surface area contributed by atoms with Crippen molar-refractivity contribution in [2.24, 2.45) is 10.2 Å². The molecule has 0 fully saturated rings. The Bertz CT molecular complexity index is 2450. The number of aromatic nitrogens is 3. The number of phenols is 1. The van der Waals surface area contributed by atoms with Crippen molar-refractivity contribution in [3.63, 3.8) is 0 Å². The van der Waals surface area contributed by atoms with Gasteiger partial charge in [-0.2, -0.15) is 36.2 Å². The van der Waals surface area contributed by atoms with Gasteiger partial charge in [-0.05, 0) is 35.7 Å². The Hall–Kier alpha value is -4.15. The summed E-state index contributed by atoms with van der Waals surface area (Å²) >= 11 is -4.37. The summed E-state index contributed by atoms with van der Waals surface area (Å²) in [6.45, 7) is -1.06. The smallest absolute Gasteiger partial charge is 0.315 e. The molecule has 55 heavy (non-hydrogen) atoms. The predicted octanol–water partition coefficient (Wildman–Crippen LogP) is 4.12. The number of rotatable bonds is 17. The predicted molar refractivity (Wildman–Crippen MR) is 196 cm³/mol. The Morgan fingerprint density at radius 1 is 0.836 bits per heavy atom. The first-order chi connectivity index (χ1) is 25.2. The van der Waals surface area contributed by atoms with Crippen molar-refractivity contribution in [3.05, 3.63) is 48.5 Å². The third-order valence-electron chi connectivity index (χ3n) is 6.86. The molecule has 11 N–H and O–H groups in total. The van der Waals surface area contributed by atoms with Crippen molar-refractivity contribution in [3.8, 4) is 5.75 Å². The molecule has 304 valence electrons. The van der Waals surface area contributed by atoms with Gasteiger partial charge in [0.2, 0.25) is 23.0 Å². The third-order valence-corrected chi connectivity index (χ3v) is 11.2. The van der Waals surface area contributed by atoms with Gasteiger partial charge < -0.3 is 34.3 Å². The van der Waals surface area contributed by atoms with Gasteiger partial charge in [-0.25, -0.2) is 8.42 Å². The standard InChI is InChI=1S/C25H31FN8O16S5/c1-34(6-8-51(36,37)9-7-50-55(47,48)49)25-30-23(26)29-24(31-25)28-15-3-5-17(20(11-15)54(44,45)46)32-33-22-18(27-13-52(38,39)40)4-2-14-10-16(53(41,42)43)12-19(35)21(14)22/h2-5,10-12,27,35,38-40,47-49H,6-9,13H2,1H3,(H,41,42,43)(H,44,45,46)(H,28,29,30,31). The largest absolute Gasteiger partial charge is 0.507 e. The van der Waals surface area contributed by atoms with E-state index in [-0.39, 0.29) is 40.3 Å². The van der Waals surface area contributed by atoms with E-state index in [0.717, 1.165) is 29.2 Å². The molecular weight excluding hydrogens is 848 g/mol. The summed E-state index contributed by atoms with van der Waals surface area (Å²) in [6.07, 6.45) is -1.35. The first-order valence-electron chi connectivity index (χ1n) is 14.5. The molecule has 0 aliphatic carbocycles. The number of sulfone groups is 1. The van der Waals surface area contributed by atoms with Gasteiger partial charge in [0.05, 0.1) is 34.1 Å². The number of azo groups is 1. The number of phenolic OH excluding ortho intramolecular Hbond substituents is 1. The molecular formula is C25H31FN8O16S5. The van der Waals surface area contributed by atoms with Crippen molar-refractivity contribution >= 4 is 97.5 Å². The van der Waals surface area contributed by atoms with Crippen LogP contribution in [0.1, 0.15) is 0 Å². The first-order valence-corrected chi connectivity index (χ1v) is 22.3. The van der Waals surface area contributed by atoms with E-state index in [9.17, 15) is 57.5 Å². The van der Waals surface area contributed by atoms with Crippen molar-refractivity contribution in [1.82, 2.24) is 15.0 Å². The number of halogens is 1. The lowest BCUT2D eigenvalue weighted by Gasteiger charge is -2.21. The fourth-order valence-electron chi connectivity index (χ4n) is 4.40. The molecule has 0 unspecified atom stereocenters. The van der Waals surface area contributed by atoms with Crippen LogP contribution in [0.5, 0.6) is 5.75 Å². The fraction of sp³-hybridized carbons (Fsp3) is 0.240. The van der Waals surface area contributed by atoms with Gasteiger partial charge in [0.25, 0.3) is 20.2 Å². The van der Waals surface area contributed by atoms with Crippen molar-refractivity contribution < 1.29 is 75.4 Å². The van der Waals surface area contributed by atoms with Gasteiger partial charge in [-0.3, -0.25) is 26.9 Å². The number of fused-ring (bicyclic) bond motifs is 1. The lowest BCUT2D eigenvalue weighted by molar-refractivity contribution is 0.213. The molecule has 0 aliphatic heterocycles. The molecule has 24 nitrogen and oxygen atoms in total. The van der Waals surface area contributed by atoms with Crippen LogP contribution in [0, 0.1) is 6.08 Å². The first kappa shape index (κ1) is 43.6. The van der Waals surface area contributed by atoms with E-state index < -0.39 is 109 Å².